The molecular formula is C9H19NS2. The van der Waals surface area contributed by atoms with E-state index in [1.54, 1.807) is 0 Å². The van der Waals surface area contributed by atoms with Gasteiger partial charge in [0.15, 0.2) is 0 Å². The average Bonchev–Trinajstić information content (AvgIpc) is 2.03. The summed E-state index contributed by atoms with van der Waals surface area (Å²) in [6, 6.07) is 0. The summed E-state index contributed by atoms with van der Waals surface area (Å²) in [5, 5.41) is 0. The molecule has 72 valence electrons. The highest BCUT2D eigenvalue weighted by Gasteiger charge is 2.21. The zero-order valence-electron chi connectivity index (χ0n) is 8.30. The van der Waals surface area contributed by atoms with Crippen molar-refractivity contribution in [2.24, 2.45) is 0 Å². The molecule has 0 amide bonds. The van der Waals surface area contributed by atoms with Crippen molar-refractivity contribution in [3.63, 3.8) is 0 Å². The van der Waals surface area contributed by atoms with E-state index >= 15 is 0 Å². The van der Waals surface area contributed by atoms with Crippen LogP contribution in [-0.2, 0) is 12.6 Å². The quantitative estimate of drug-likeness (QED) is 0.384. The molecule has 0 spiro atoms. The van der Waals surface area contributed by atoms with Crippen LogP contribution in [0.4, 0.5) is 0 Å². The second-order valence-corrected chi connectivity index (χ2v) is 4.21. The van der Waals surface area contributed by atoms with Crippen LogP contribution in [0.15, 0.2) is 0 Å². The fourth-order valence-electron chi connectivity index (χ4n) is 1.60. The lowest BCUT2D eigenvalue weighted by atomic mass is 10.3. The Kier molecular flexibility index (Phi) is 5.97. The van der Waals surface area contributed by atoms with E-state index in [4.69, 9.17) is 24.8 Å². The molecule has 0 fully saturated rings. The van der Waals surface area contributed by atoms with Crippen molar-refractivity contribution in [2.75, 3.05) is 19.6 Å². The molecule has 0 bridgehead atoms. The Morgan fingerprint density at radius 3 is 1.75 bits per heavy atom. The molecular weight excluding hydrogens is 186 g/mol. The third kappa shape index (κ3) is 2.96. The Balaban J connectivity index is 4.39. The highest BCUT2D eigenvalue weighted by Crippen LogP contribution is 2.11. The van der Waals surface area contributed by atoms with Crippen molar-refractivity contribution in [3.05, 3.63) is 0 Å². The predicted molar refractivity (Wildman–Crippen MR) is 61.1 cm³/mol. The van der Waals surface area contributed by atoms with E-state index in [1.165, 1.54) is 0 Å². The maximum absolute atomic E-state index is 5.15. The van der Waals surface area contributed by atoms with Gasteiger partial charge in [-0.1, -0.05) is 13.8 Å². The summed E-state index contributed by atoms with van der Waals surface area (Å²) in [4.78, 5) is 0. The minimum absolute atomic E-state index is 0.737. The number of nitrogens with zero attached hydrogens (tertiary/aromatic N) is 1. The van der Waals surface area contributed by atoms with Crippen molar-refractivity contribution >= 4 is 29.2 Å². The van der Waals surface area contributed by atoms with Gasteiger partial charge in [-0.15, -0.1) is 0 Å². The summed E-state index contributed by atoms with van der Waals surface area (Å²) in [6.45, 7) is 9.80. The summed E-state index contributed by atoms with van der Waals surface area (Å²) in [7, 11) is 0. The molecule has 12 heavy (non-hydrogen) atoms. The summed E-state index contributed by atoms with van der Waals surface area (Å²) < 4.78 is 1.60. The Morgan fingerprint density at radius 1 is 1.17 bits per heavy atom. The molecule has 0 aromatic heterocycles. The van der Waals surface area contributed by atoms with Gasteiger partial charge in [-0.3, -0.25) is 0 Å². The molecule has 0 aliphatic rings. The van der Waals surface area contributed by atoms with Gasteiger partial charge in [-0.05, 0) is 19.8 Å². The number of rotatable bonds is 5. The number of thiocarbonyl (C=S) groups is 1. The van der Waals surface area contributed by atoms with Gasteiger partial charge in [0.2, 0.25) is 0 Å². The lowest BCUT2D eigenvalue weighted by Gasteiger charge is -2.40. The first kappa shape index (κ1) is 12.3. The molecule has 0 atom stereocenters. The van der Waals surface area contributed by atoms with Gasteiger partial charge in [0, 0.05) is 4.32 Å². The van der Waals surface area contributed by atoms with Crippen LogP contribution >= 0.6 is 12.2 Å². The predicted octanol–water partition coefficient (Wildman–Crippen LogP) is 2.47. The van der Waals surface area contributed by atoms with E-state index in [1.807, 2.05) is 0 Å². The molecule has 0 rings (SSSR count). The van der Waals surface area contributed by atoms with Crippen LogP contribution < -0.4 is 0 Å². The van der Waals surface area contributed by atoms with Crippen molar-refractivity contribution in [2.45, 2.75) is 33.6 Å². The van der Waals surface area contributed by atoms with Gasteiger partial charge in [0.05, 0.1) is 19.6 Å². The smallest absolute Gasteiger partial charge is 0.0818 e. The summed E-state index contributed by atoms with van der Waals surface area (Å²) in [5.41, 5.74) is 0. The summed E-state index contributed by atoms with van der Waals surface area (Å²) in [5.74, 6) is 0. The third-order valence-electron chi connectivity index (χ3n) is 2.30. The van der Waals surface area contributed by atoms with Gasteiger partial charge in [0.25, 0.3) is 0 Å². The lowest BCUT2D eigenvalue weighted by Crippen LogP contribution is -2.52. The van der Waals surface area contributed by atoms with Crippen LogP contribution in [-0.4, -0.2) is 28.4 Å². The molecule has 3 heteroatoms. The molecule has 0 aromatic rings. The van der Waals surface area contributed by atoms with E-state index in [0.717, 1.165) is 41.3 Å². The Bertz CT molecular complexity index is 139. The molecule has 1 nitrogen and oxygen atoms in total. The number of hydrogen-bond acceptors (Lipinski definition) is 2. The Labute approximate surface area is 87.1 Å². The van der Waals surface area contributed by atoms with Gasteiger partial charge in [-0.25, -0.2) is 0 Å². The summed E-state index contributed by atoms with van der Waals surface area (Å²) >= 11 is 10.3. The summed E-state index contributed by atoms with van der Waals surface area (Å²) in [6.07, 6.45) is 2.31. The van der Waals surface area contributed by atoms with Crippen LogP contribution in [0.5, 0.6) is 0 Å². The number of quaternary nitrogens is 1. The molecule has 0 unspecified atom stereocenters. The minimum atomic E-state index is 0.737. The third-order valence-corrected chi connectivity index (χ3v) is 3.07. The molecule has 0 heterocycles. The standard InChI is InChI=1S/C9H19NS2/c1-4-7-10(6-3,8-5-2)9(11)12/h4-8H2,1-3H3. The topological polar surface area (TPSA) is 0 Å². The molecule has 0 radical (unpaired) electrons. The van der Waals surface area contributed by atoms with E-state index < -0.39 is 0 Å². The van der Waals surface area contributed by atoms with E-state index in [0.29, 0.717) is 0 Å². The zero-order chi connectivity index (χ0) is 9.61. The monoisotopic (exact) mass is 205 g/mol. The molecule has 0 saturated carbocycles. The van der Waals surface area contributed by atoms with Gasteiger partial charge in [-0.2, -0.15) is 0 Å². The normalized spacial score (nSPS) is 11.6. The average molecular weight is 205 g/mol. The molecule has 0 aliphatic heterocycles. The van der Waals surface area contributed by atoms with E-state index in [9.17, 15) is 0 Å². The van der Waals surface area contributed by atoms with Crippen LogP contribution in [0.1, 0.15) is 33.6 Å². The van der Waals surface area contributed by atoms with E-state index in [-0.39, 0.29) is 0 Å². The highest BCUT2D eigenvalue weighted by molar-refractivity contribution is 7.99. The second kappa shape index (κ2) is 5.84. The zero-order valence-corrected chi connectivity index (χ0v) is 9.93. The molecule has 0 saturated heterocycles. The van der Waals surface area contributed by atoms with Crippen LogP contribution in [0.25, 0.3) is 0 Å². The first-order valence-corrected chi connectivity index (χ1v) is 5.52. The first-order chi connectivity index (χ1) is 5.63. The van der Waals surface area contributed by atoms with Crippen molar-refractivity contribution in [1.29, 1.82) is 0 Å². The van der Waals surface area contributed by atoms with Gasteiger partial charge < -0.3 is 29.3 Å². The van der Waals surface area contributed by atoms with Crippen molar-refractivity contribution in [1.82, 2.24) is 0 Å². The number of hydrogen-bond donors (Lipinski definition) is 0. The Hall–Kier alpha value is 0.270. The maximum Gasteiger partial charge on any atom is 0.0818 e. The SMILES string of the molecule is CCC[N+](CC)(CCC)C(=S)[S-]. The maximum atomic E-state index is 5.15. The lowest BCUT2D eigenvalue weighted by molar-refractivity contribution is -0.833. The fourth-order valence-corrected chi connectivity index (χ4v) is 2.22. The van der Waals surface area contributed by atoms with Gasteiger partial charge >= 0.3 is 0 Å². The second-order valence-electron chi connectivity index (χ2n) is 3.17. The van der Waals surface area contributed by atoms with Crippen LogP contribution in [0.3, 0.4) is 0 Å². The van der Waals surface area contributed by atoms with Crippen molar-refractivity contribution in [3.8, 4) is 0 Å². The van der Waals surface area contributed by atoms with E-state index in [2.05, 4.69) is 20.8 Å². The first-order valence-electron chi connectivity index (χ1n) is 4.70. The fraction of sp³-hybridized carbons (Fsp3) is 0.889. The minimum Gasteiger partial charge on any atom is -0.370 e. The Morgan fingerprint density at radius 2 is 1.58 bits per heavy atom. The molecule has 0 aromatic carbocycles. The molecule has 0 N–H and O–H groups in total. The molecule has 0 aliphatic carbocycles. The largest absolute Gasteiger partial charge is 0.370 e. The van der Waals surface area contributed by atoms with Crippen LogP contribution in [0.2, 0.25) is 0 Å². The highest BCUT2D eigenvalue weighted by atomic mass is 32.1. The van der Waals surface area contributed by atoms with Crippen molar-refractivity contribution < 1.29 is 4.48 Å². The van der Waals surface area contributed by atoms with Crippen LogP contribution in [0, 0.1) is 0 Å². The van der Waals surface area contributed by atoms with Gasteiger partial charge in [0.1, 0.15) is 0 Å².